The third-order valence-electron chi connectivity index (χ3n) is 4.88. The molecule has 0 aliphatic carbocycles. The van der Waals surface area contributed by atoms with Crippen LogP contribution in [0.3, 0.4) is 0 Å². The molecule has 33 heavy (non-hydrogen) atoms. The van der Waals surface area contributed by atoms with Gasteiger partial charge in [-0.3, -0.25) is 9.59 Å². The summed E-state index contributed by atoms with van der Waals surface area (Å²) in [6.07, 6.45) is 1.52. The van der Waals surface area contributed by atoms with Gasteiger partial charge in [-0.05, 0) is 54.1 Å². The van der Waals surface area contributed by atoms with Gasteiger partial charge in [-0.2, -0.15) is 0 Å². The van der Waals surface area contributed by atoms with E-state index in [1.54, 1.807) is 54.6 Å². The van der Waals surface area contributed by atoms with Crippen LogP contribution in [0.15, 0.2) is 83.5 Å². The van der Waals surface area contributed by atoms with Gasteiger partial charge >= 0.3 is 0 Å². The van der Waals surface area contributed by atoms with Crippen LogP contribution in [0.2, 0.25) is 0 Å². The first-order chi connectivity index (χ1) is 16.0. The Balaban J connectivity index is 1.53. The molecule has 6 nitrogen and oxygen atoms in total. The Hall–Kier alpha value is -3.91. The fourth-order valence-corrected chi connectivity index (χ4v) is 4.26. The Labute approximate surface area is 194 Å². The van der Waals surface area contributed by atoms with Gasteiger partial charge in [0.05, 0.1) is 30.5 Å². The molecule has 8 heteroatoms. The summed E-state index contributed by atoms with van der Waals surface area (Å²) in [4.78, 5) is 28.8. The molecular formula is C25H21FN2O4S. The van der Waals surface area contributed by atoms with Gasteiger partial charge in [-0.15, -0.1) is 11.3 Å². The largest absolute Gasteiger partial charge is 0.495 e. The van der Waals surface area contributed by atoms with Gasteiger partial charge in [-0.25, -0.2) is 4.39 Å². The molecule has 4 rings (SSSR count). The number of amides is 2. The van der Waals surface area contributed by atoms with Crippen LogP contribution in [0.25, 0.3) is 10.4 Å². The van der Waals surface area contributed by atoms with E-state index in [1.807, 2.05) is 6.07 Å². The molecule has 2 aromatic carbocycles. The minimum Gasteiger partial charge on any atom is -0.495 e. The van der Waals surface area contributed by atoms with Crippen molar-refractivity contribution in [2.45, 2.75) is 6.54 Å². The molecule has 1 N–H and O–H groups in total. The minimum atomic E-state index is -0.366. The van der Waals surface area contributed by atoms with Crippen LogP contribution in [0.5, 0.6) is 5.75 Å². The Morgan fingerprint density at radius 2 is 1.82 bits per heavy atom. The normalized spacial score (nSPS) is 10.6. The first-order valence-corrected chi connectivity index (χ1v) is 11.0. The summed E-state index contributed by atoms with van der Waals surface area (Å²) in [5.74, 6) is 0.0904. The number of ether oxygens (including phenoxy) is 1. The summed E-state index contributed by atoms with van der Waals surface area (Å²) < 4.78 is 23.9. The number of hydrogen-bond donors (Lipinski definition) is 1. The molecule has 2 amide bonds. The van der Waals surface area contributed by atoms with E-state index in [9.17, 15) is 14.0 Å². The number of carbonyl (C=O) groups is 2. The lowest BCUT2D eigenvalue weighted by Crippen LogP contribution is -2.37. The van der Waals surface area contributed by atoms with Crippen molar-refractivity contribution in [3.05, 3.63) is 95.5 Å². The number of halogens is 1. The smallest absolute Gasteiger partial charge is 0.264 e. The second-order valence-corrected chi connectivity index (χ2v) is 8.24. The van der Waals surface area contributed by atoms with Gasteiger partial charge < -0.3 is 19.4 Å². The second kappa shape index (κ2) is 10.1. The summed E-state index contributed by atoms with van der Waals surface area (Å²) in [7, 11) is 1.52. The summed E-state index contributed by atoms with van der Waals surface area (Å²) in [5.41, 5.74) is 1.33. The van der Waals surface area contributed by atoms with Gasteiger partial charge in [0.15, 0.2) is 0 Å². The molecule has 168 valence electrons. The maximum atomic E-state index is 13.3. The highest BCUT2D eigenvalue weighted by molar-refractivity contribution is 7.17. The van der Waals surface area contributed by atoms with E-state index < -0.39 is 0 Å². The zero-order valence-electron chi connectivity index (χ0n) is 17.8. The average molecular weight is 465 g/mol. The van der Waals surface area contributed by atoms with Crippen LogP contribution in [0.1, 0.15) is 15.4 Å². The number of anilines is 1. The van der Waals surface area contributed by atoms with Crippen LogP contribution in [-0.4, -0.2) is 30.4 Å². The maximum Gasteiger partial charge on any atom is 0.264 e. The number of thiophene rings is 1. The zero-order chi connectivity index (χ0) is 23.2. The number of para-hydroxylation sites is 2. The molecule has 0 aliphatic rings. The minimum absolute atomic E-state index is 0.134. The van der Waals surface area contributed by atoms with Gasteiger partial charge in [0, 0.05) is 4.88 Å². The van der Waals surface area contributed by atoms with Gasteiger partial charge in [0.1, 0.15) is 23.9 Å². The lowest BCUT2D eigenvalue weighted by Gasteiger charge is -2.21. The number of methoxy groups -OCH3 is 1. The van der Waals surface area contributed by atoms with Crippen LogP contribution >= 0.6 is 11.3 Å². The molecular weight excluding hydrogens is 443 g/mol. The van der Waals surface area contributed by atoms with Crippen molar-refractivity contribution in [1.82, 2.24) is 4.90 Å². The van der Waals surface area contributed by atoms with Crippen molar-refractivity contribution < 1.29 is 23.1 Å². The lowest BCUT2D eigenvalue weighted by atomic mass is 10.2. The Kier molecular flexibility index (Phi) is 6.85. The van der Waals surface area contributed by atoms with E-state index in [0.717, 1.165) is 10.4 Å². The molecule has 0 bridgehead atoms. The van der Waals surface area contributed by atoms with E-state index >= 15 is 0 Å². The van der Waals surface area contributed by atoms with Gasteiger partial charge in [0.25, 0.3) is 5.91 Å². The predicted octanol–water partition coefficient (Wildman–Crippen LogP) is 5.44. The summed E-state index contributed by atoms with van der Waals surface area (Å²) in [6, 6.07) is 20.1. The number of nitrogens with zero attached hydrogens (tertiary/aromatic N) is 1. The number of hydrogen-bond acceptors (Lipinski definition) is 5. The highest BCUT2D eigenvalue weighted by atomic mass is 32.1. The monoisotopic (exact) mass is 464 g/mol. The maximum absolute atomic E-state index is 13.3. The van der Waals surface area contributed by atoms with E-state index in [0.29, 0.717) is 22.1 Å². The van der Waals surface area contributed by atoms with Crippen LogP contribution in [0, 0.1) is 5.82 Å². The van der Waals surface area contributed by atoms with Gasteiger partial charge in [0.2, 0.25) is 5.91 Å². The molecule has 0 spiro atoms. The fraction of sp³-hybridized carbons (Fsp3) is 0.120. The third kappa shape index (κ3) is 5.48. The topological polar surface area (TPSA) is 71.8 Å². The standard InChI is InChI=1S/C25H21FN2O4S/c1-31-21-7-3-2-6-20(21)27-24(29)16-28(15-19-5-4-14-32-19)25(30)23-13-12-22(33-23)17-8-10-18(26)11-9-17/h2-14H,15-16H2,1H3,(H,27,29). The molecule has 2 heterocycles. The molecule has 2 aromatic heterocycles. The highest BCUT2D eigenvalue weighted by Crippen LogP contribution is 2.29. The van der Waals surface area contributed by atoms with Crippen LogP contribution in [-0.2, 0) is 11.3 Å². The first-order valence-electron chi connectivity index (χ1n) is 10.1. The van der Waals surface area contributed by atoms with Crippen molar-refractivity contribution in [3.63, 3.8) is 0 Å². The van der Waals surface area contributed by atoms with E-state index in [1.165, 1.54) is 41.7 Å². The zero-order valence-corrected chi connectivity index (χ0v) is 18.6. The van der Waals surface area contributed by atoms with Crippen molar-refractivity contribution in [1.29, 1.82) is 0 Å². The molecule has 0 saturated carbocycles. The number of nitrogens with one attached hydrogen (secondary N) is 1. The molecule has 4 aromatic rings. The molecule has 0 atom stereocenters. The lowest BCUT2D eigenvalue weighted by molar-refractivity contribution is -0.117. The van der Waals surface area contributed by atoms with Crippen LogP contribution in [0.4, 0.5) is 10.1 Å². The van der Waals surface area contributed by atoms with E-state index in [4.69, 9.17) is 9.15 Å². The van der Waals surface area contributed by atoms with Crippen molar-refractivity contribution >= 4 is 28.8 Å². The summed E-state index contributed by atoms with van der Waals surface area (Å²) >= 11 is 1.28. The van der Waals surface area contributed by atoms with Crippen LogP contribution < -0.4 is 10.1 Å². The quantitative estimate of drug-likeness (QED) is 0.377. The number of carbonyl (C=O) groups excluding carboxylic acids is 2. The summed E-state index contributed by atoms with van der Waals surface area (Å²) in [6.45, 7) is -0.0453. The second-order valence-electron chi connectivity index (χ2n) is 7.16. The molecule has 0 aliphatic heterocycles. The van der Waals surface area contributed by atoms with Crippen molar-refractivity contribution in [2.75, 3.05) is 19.0 Å². The summed E-state index contributed by atoms with van der Waals surface area (Å²) in [5, 5.41) is 2.79. The van der Waals surface area contributed by atoms with Crippen molar-refractivity contribution in [3.8, 4) is 16.2 Å². The van der Waals surface area contributed by atoms with Crippen molar-refractivity contribution in [2.24, 2.45) is 0 Å². The highest BCUT2D eigenvalue weighted by Gasteiger charge is 2.22. The molecule has 0 radical (unpaired) electrons. The molecule has 0 unspecified atom stereocenters. The van der Waals surface area contributed by atoms with E-state index in [2.05, 4.69) is 5.32 Å². The SMILES string of the molecule is COc1ccccc1NC(=O)CN(Cc1ccco1)C(=O)c1ccc(-c2ccc(F)cc2)s1. The number of benzene rings is 2. The number of rotatable bonds is 8. The number of furan rings is 1. The predicted molar refractivity (Wildman–Crippen MR) is 125 cm³/mol. The first kappa shape index (κ1) is 22.3. The fourth-order valence-electron chi connectivity index (χ4n) is 3.28. The van der Waals surface area contributed by atoms with E-state index in [-0.39, 0.29) is 30.7 Å². The molecule has 0 fully saturated rings. The third-order valence-corrected chi connectivity index (χ3v) is 6.00. The Morgan fingerprint density at radius 1 is 1.03 bits per heavy atom. The average Bonchev–Trinajstić information content (AvgIpc) is 3.51. The molecule has 0 saturated heterocycles. The Morgan fingerprint density at radius 3 is 2.55 bits per heavy atom. The van der Waals surface area contributed by atoms with Gasteiger partial charge in [-0.1, -0.05) is 24.3 Å². The Bertz CT molecular complexity index is 1240.